The molecule has 0 N–H and O–H groups in total. The third-order valence-corrected chi connectivity index (χ3v) is 7.60. The first-order valence-corrected chi connectivity index (χ1v) is 12.7. The first kappa shape index (κ1) is 28.3. The van der Waals surface area contributed by atoms with Gasteiger partial charge in [-0.3, -0.25) is 4.90 Å². The summed E-state index contributed by atoms with van der Waals surface area (Å²) in [6.45, 7) is 2.94. The van der Waals surface area contributed by atoms with Gasteiger partial charge < -0.3 is 9.47 Å². The van der Waals surface area contributed by atoms with Crippen LogP contribution in [0, 0.1) is 12.8 Å². The molecule has 2 aromatic rings. The van der Waals surface area contributed by atoms with E-state index >= 15 is 0 Å². The van der Waals surface area contributed by atoms with E-state index in [0.717, 1.165) is 56.4 Å². The molecular weight excluding hydrogens is 512 g/mol. The molecular formula is C28H31F6NO3. The number of ether oxygens (including phenoxy) is 2. The number of benzene rings is 2. The van der Waals surface area contributed by atoms with Crippen molar-refractivity contribution < 1.29 is 40.6 Å². The molecule has 2 unspecified atom stereocenters. The number of methoxy groups -OCH3 is 1. The van der Waals surface area contributed by atoms with E-state index in [1.807, 2.05) is 0 Å². The third-order valence-electron chi connectivity index (χ3n) is 7.60. The summed E-state index contributed by atoms with van der Waals surface area (Å²) in [6.07, 6.45) is -6.52. The van der Waals surface area contributed by atoms with Crippen molar-refractivity contribution in [2.75, 3.05) is 7.11 Å². The summed E-state index contributed by atoms with van der Waals surface area (Å²) in [5.41, 5.74) is -0.313. The second kappa shape index (κ2) is 10.8. The highest BCUT2D eigenvalue weighted by Crippen LogP contribution is 2.42. The Balaban J connectivity index is 1.68. The van der Waals surface area contributed by atoms with Gasteiger partial charge in [0.05, 0.1) is 23.3 Å². The summed E-state index contributed by atoms with van der Waals surface area (Å²) >= 11 is 0. The minimum Gasteiger partial charge on any atom is -0.439 e. The van der Waals surface area contributed by atoms with Gasteiger partial charge in [-0.15, -0.1) is 0 Å². The number of hydrogen-bond donors (Lipinski definition) is 0. The van der Waals surface area contributed by atoms with Crippen LogP contribution in [0.2, 0.25) is 0 Å². The molecule has 10 heteroatoms. The van der Waals surface area contributed by atoms with Crippen LogP contribution in [0.1, 0.15) is 84.6 Å². The first-order chi connectivity index (χ1) is 17.8. The van der Waals surface area contributed by atoms with Crippen molar-refractivity contribution in [2.24, 2.45) is 5.92 Å². The lowest BCUT2D eigenvalue weighted by molar-refractivity contribution is -0.138. The quantitative estimate of drug-likeness (QED) is 0.344. The van der Waals surface area contributed by atoms with Crippen LogP contribution in [-0.2, 0) is 28.4 Å². The molecule has 4 rings (SSSR count). The largest absolute Gasteiger partial charge is 0.439 e. The van der Waals surface area contributed by atoms with Gasteiger partial charge >= 0.3 is 18.4 Å². The molecule has 0 bridgehead atoms. The van der Waals surface area contributed by atoms with Gasteiger partial charge in [0.25, 0.3) is 0 Å². The molecule has 0 radical (unpaired) electrons. The van der Waals surface area contributed by atoms with E-state index in [1.165, 1.54) is 31.1 Å². The Morgan fingerprint density at radius 3 is 2.24 bits per heavy atom. The van der Waals surface area contributed by atoms with Gasteiger partial charge in [0, 0.05) is 13.7 Å². The Bertz CT molecular complexity index is 1160. The maximum Gasteiger partial charge on any atom is 0.416 e. The van der Waals surface area contributed by atoms with Crippen molar-refractivity contribution in [3.8, 4) is 0 Å². The molecule has 1 aliphatic carbocycles. The van der Waals surface area contributed by atoms with Crippen LogP contribution < -0.4 is 0 Å². The molecule has 1 heterocycles. The van der Waals surface area contributed by atoms with Crippen molar-refractivity contribution in [2.45, 2.75) is 83.1 Å². The molecule has 4 nitrogen and oxygen atoms in total. The minimum absolute atomic E-state index is 0.132. The fraction of sp³-hybridized carbons (Fsp3) is 0.536. The molecule has 1 amide bonds. The van der Waals surface area contributed by atoms with Gasteiger partial charge in [0.2, 0.25) is 0 Å². The smallest absolute Gasteiger partial charge is 0.416 e. The van der Waals surface area contributed by atoms with Crippen LogP contribution in [0.3, 0.4) is 0 Å². The number of carbonyl (C=O) groups is 1. The highest BCUT2D eigenvalue weighted by Gasteiger charge is 2.42. The van der Waals surface area contributed by atoms with Crippen molar-refractivity contribution in [3.63, 3.8) is 0 Å². The summed E-state index contributed by atoms with van der Waals surface area (Å²) in [5, 5.41) is 0. The predicted octanol–water partition coefficient (Wildman–Crippen LogP) is 8.38. The van der Waals surface area contributed by atoms with Gasteiger partial charge in [-0.1, -0.05) is 37.0 Å². The average Bonchev–Trinajstić information content (AvgIpc) is 3.13. The number of carbonyl (C=O) groups excluding carboxylic acids is 1. The molecule has 0 aromatic heterocycles. The van der Waals surface area contributed by atoms with E-state index in [9.17, 15) is 31.1 Å². The Morgan fingerprint density at radius 2 is 1.63 bits per heavy atom. The second-order valence-electron chi connectivity index (χ2n) is 10.3. The average molecular weight is 544 g/mol. The lowest BCUT2D eigenvalue weighted by Crippen LogP contribution is -2.32. The highest BCUT2D eigenvalue weighted by atomic mass is 19.4. The van der Waals surface area contributed by atoms with Crippen LogP contribution in [-0.4, -0.2) is 24.1 Å². The van der Waals surface area contributed by atoms with Crippen molar-refractivity contribution in [1.29, 1.82) is 0 Å². The fourth-order valence-electron chi connectivity index (χ4n) is 5.69. The molecule has 0 spiro atoms. The maximum atomic E-state index is 13.6. The molecule has 1 saturated heterocycles. The number of aryl methyl sites for hydroxylation is 1. The van der Waals surface area contributed by atoms with E-state index in [-0.39, 0.29) is 23.6 Å². The van der Waals surface area contributed by atoms with E-state index in [0.29, 0.717) is 11.1 Å². The number of cyclic esters (lactones) is 1. The number of amides is 1. The number of halogens is 6. The topological polar surface area (TPSA) is 38.8 Å². The Hall–Kier alpha value is -2.75. The van der Waals surface area contributed by atoms with Crippen LogP contribution in [0.25, 0.3) is 0 Å². The molecule has 38 heavy (non-hydrogen) atoms. The lowest BCUT2D eigenvalue weighted by atomic mass is 9.81. The monoisotopic (exact) mass is 543 g/mol. The fourth-order valence-corrected chi connectivity index (χ4v) is 5.69. The third kappa shape index (κ3) is 5.95. The Morgan fingerprint density at radius 1 is 0.974 bits per heavy atom. The van der Waals surface area contributed by atoms with E-state index < -0.39 is 47.8 Å². The second-order valence-corrected chi connectivity index (χ2v) is 10.3. The predicted molar refractivity (Wildman–Crippen MR) is 128 cm³/mol. The van der Waals surface area contributed by atoms with Gasteiger partial charge in [0.1, 0.15) is 6.10 Å². The number of rotatable bonds is 6. The van der Waals surface area contributed by atoms with E-state index in [1.54, 1.807) is 6.92 Å². The summed E-state index contributed by atoms with van der Waals surface area (Å²) in [7, 11) is 1.53. The first-order valence-electron chi connectivity index (χ1n) is 12.7. The summed E-state index contributed by atoms with van der Waals surface area (Å²) in [6, 6.07) is 6.23. The summed E-state index contributed by atoms with van der Waals surface area (Å²) in [4.78, 5) is 14.2. The zero-order valence-corrected chi connectivity index (χ0v) is 21.5. The number of alkyl halides is 6. The van der Waals surface area contributed by atoms with Gasteiger partial charge in [-0.25, -0.2) is 4.79 Å². The van der Waals surface area contributed by atoms with Crippen LogP contribution in [0.5, 0.6) is 0 Å². The molecule has 2 aliphatic rings. The zero-order chi connectivity index (χ0) is 27.8. The van der Waals surface area contributed by atoms with Gasteiger partial charge in [-0.2, -0.15) is 26.3 Å². The Labute approximate surface area is 217 Å². The number of hydrogen-bond acceptors (Lipinski definition) is 3. The standard InChI is InChI=1S/C28H31F6NO3/c1-16-11-19(13-22(12-16)28(32,33)34)24-17(2)35(26(36)38-24)15-20-14-21(27(29,30)31)9-10-23(20)25(37-3)18-7-5-4-6-8-18/h9-14,17-18,24-25H,4-8,15H2,1-3H3/t17-,24?,25?/m0/s1. The molecule has 2 aromatic carbocycles. The molecule has 208 valence electrons. The molecule has 1 aliphatic heterocycles. The van der Waals surface area contributed by atoms with Crippen molar-refractivity contribution in [1.82, 2.24) is 4.90 Å². The summed E-state index contributed by atoms with van der Waals surface area (Å²) in [5.74, 6) is 0.132. The zero-order valence-electron chi connectivity index (χ0n) is 21.5. The normalized spacial score (nSPS) is 22.0. The van der Waals surface area contributed by atoms with Gasteiger partial charge in [0.15, 0.2) is 0 Å². The Kier molecular flexibility index (Phi) is 8.02. The van der Waals surface area contributed by atoms with Crippen molar-refractivity contribution >= 4 is 6.09 Å². The van der Waals surface area contributed by atoms with E-state index in [4.69, 9.17) is 9.47 Å². The molecule has 1 saturated carbocycles. The van der Waals surface area contributed by atoms with Crippen molar-refractivity contribution in [3.05, 3.63) is 69.8 Å². The lowest BCUT2D eigenvalue weighted by Gasteiger charge is -2.32. The van der Waals surface area contributed by atoms with Gasteiger partial charge in [-0.05, 0) is 73.6 Å². The number of nitrogens with zero attached hydrogens (tertiary/aromatic N) is 1. The summed E-state index contributed by atoms with van der Waals surface area (Å²) < 4.78 is 92.3. The van der Waals surface area contributed by atoms with E-state index in [2.05, 4.69) is 0 Å². The van der Waals surface area contributed by atoms with Crippen LogP contribution in [0.4, 0.5) is 31.1 Å². The highest BCUT2D eigenvalue weighted by molar-refractivity contribution is 5.71. The molecule has 2 fully saturated rings. The SMILES string of the molecule is COC(c1ccc(C(F)(F)F)cc1CN1C(=O)OC(c2cc(C)cc(C(F)(F)F)c2)[C@@H]1C)C1CCCCC1. The van der Waals surface area contributed by atoms with Crippen LogP contribution >= 0.6 is 0 Å². The maximum absolute atomic E-state index is 13.6. The van der Waals surface area contributed by atoms with Crippen LogP contribution in [0.15, 0.2) is 36.4 Å². The minimum atomic E-state index is -4.59. The molecule has 3 atom stereocenters.